The van der Waals surface area contributed by atoms with Crippen LogP contribution in [0.25, 0.3) is 0 Å². The molecule has 2 aromatic rings. The molecular formula is C12H11N3O3. The Morgan fingerprint density at radius 1 is 1.33 bits per heavy atom. The Hall–Kier alpha value is -2.47. The summed E-state index contributed by atoms with van der Waals surface area (Å²) in [5.41, 5.74) is 6.32. The minimum Gasteiger partial charge on any atom is -0.439 e. The molecule has 92 valence electrons. The SMILES string of the molecule is NCc1ccc(Oc2cccc([N+](=O)[O-])c2)nc1. The van der Waals surface area contributed by atoms with E-state index in [0.717, 1.165) is 5.56 Å². The molecule has 1 heterocycles. The van der Waals surface area contributed by atoms with Crippen molar-refractivity contribution >= 4 is 5.69 Å². The molecule has 0 unspecified atom stereocenters. The van der Waals surface area contributed by atoms with Crippen LogP contribution < -0.4 is 10.5 Å². The molecule has 6 nitrogen and oxygen atoms in total. The van der Waals surface area contributed by atoms with Gasteiger partial charge < -0.3 is 10.5 Å². The fourth-order valence-corrected chi connectivity index (χ4v) is 1.37. The first kappa shape index (κ1) is 12.0. The maximum atomic E-state index is 10.6. The van der Waals surface area contributed by atoms with Crippen molar-refractivity contribution in [2.75, 3.05) is 0 Å². The van der Waals surface area contributed by atoms with Gasteiger partial charge in [-0.15, -0.1) is 0 Å². The van der Waals surface area contributed by atoms with Crippen LogP contribution in [0.2, 0.25) is 0 Å². The molecule has 0 fully saturated rings. The van der Waals surface area contributed by atoms with E-state index in [-0.39, 0.29) is 5.69 Å². The van der Waals surface area contributed by atoms with Crippen LogP contribution in [0.4, 0.5) is 5.69 Å². The normalized spacial score (nSPS) is 10.1. The van der Waals surface area contributed by atoms with E-state index in [9.17, 15) is 10.1 Å². The number of pyridine rings is 1. The van der Waals surface area contributed by atoms with Gasteiger partial charge in [0.05, 0.1) is 11.0 Å². The minimum atomic E-state index is -0.474. The Morgan fingerprint density at radius 2 is 2.17 bits per heavy atom. The van der Waals surface area contributed by atoms with Gasteiger partial charge in [-0.05, 0) is 11.6 Å². The van der Waals surface area contributed by atoms with Crippen LogP contribution in [-0.2, 0) is 6.54 Å². The predicted molar refractivity (Wildman–Crippen MR) is 65.3 cm³/mol. The highest BCUT2D eigenvalue weighted by Gasteiger charge is 2.07. The quantitative estimate of drug-likeness (QED) is 0.658. The molecule has 6 heteroatoms. The number of non-ortho nitro benzene ring substituents is 1. The first-order valence-electron chi connectivity index (χ1n) is 5.26. The molecule has 0 amide bonds. The Morgan fingerprint density at radius 3 is 2.78 bits per heavy atom. The Kier molecular flexibility index (Phi) is 3.49. The van der Waals surface area contributed by atoms with Crippen molar-refractivity contribution in [2.24, 2.45) is 5.73 Å². The highest BCUT2D eigenvalue weighted by atomic mass is 16.6. The summed E-state index contributed by atoms with van der Waals surface area (Å²) in [5, 5.41) is 10.6. The smallest absolute Gasteiger partial charge is 0.273 e. The van der Waals surface area contributed by atoms with Crippen molar-refractivity contribution in [3.8, 4) is 11.6 Å². The summed E-state index contributed by atoms with van der Waals surface area (Å²) in [6.07, 6.45) is 1.60. The molecule has 0 saturated heterocycles. The zero-order chi connectivity index (χ0) is 13.0. The Labute approximate surface area is 103 Å². The van der Waals surface area contributed by atoms with E-state index >= 15 is 0 Å². The standard InChI is InChI=1S/C12H11N3O3/c13-7-9-4-5-12(14-8-9)18-11-3-1-2-10(6-11)15(16)17/h1-6,8H,7,13H2. The van der Waals surface area contributed by atoms with E-state index in [1.54, 1.807) is 30.5 Å². The van der Waals surface area contributed by atoms with E-state index < -0.39 is 4.92 Å². The van der Waals surface area contributed by atoms with Gasteiger partial charge in [0.2, 0.25) is 5.88 Å². The molecule has 2 N–H and O–H groups in total. The number of rotatable bonds is 4. The van der Waals surface area contributed by atoms with E-state index in [1.165, 1.54) is 12.1 Å². The predicted octanol–water partition coefficient (Wildman–Crippen LogP) is 2.24. The lowest BCUT2D eigenvalue weighted by Gasteiger charge is -2.04. The number of hydrogen-bond donors (Lipinski definition) is 1. The third kappa shape index (κ3) is 2.80. The summed E-state index contributed by atoms with van der Waals surface area (Å²) in [6.45, 7) is 0.407. The zero-order valence-electron chi connectivity index (χ0n) is 9.45. The third-order valence-electron chi connectivity index (χ3n) is 2.28. The van der Waals surface area contributed by atoms with Crippen molar-refractivity contribution < 1.29 is 9.66 Å². The van der Waals surface area contributed by atoms with Crippen molar-refractivity contribution in [3.05, 3.63) is 58.3 Å². The van der Waals surface area contributed by atoms with Crippen LogP contribution in [0.15, 0.2) is 42.6 Å². The molecule has 1 aromatic heterocycles. The van der Waals surface area contributed by atoms with Crippen molar-refractivity contribution in [1.29, 1.82) is 0 Å². The second-order valence-corrected chi connectivity index (χ2v) is 3.57. The molecule has 0 bridgehead atoms. The van der Waals surface area contributed by atoms with Gasteiger partial charge in [0.15, 0.2) is 0 Å². The number of ether oxygens (including phenoxy) is 1. The minimum absolute atomic E-state index is 0.0221. The number of benzene rings is 1. The summed E-state index contributed by atoms with van der Waals surface area (Å²) in [4.78, 5) is 14.2. The van der Waals surface area contributed by atoms with E-state index in [0.29, 0.717) is 18.2 Å². The van der Waals surface area contributed by atoms with Crippen molar-refractivity contribution in [2.45, 2.75) is 6.54 Å². The molecular weight excluding hydrogens is 234 g/mol. The number of nitro groups is 1. The van der Waals surface area contributed by atoms with Gasteiger partial charge in [-0.25, -0.2) is 4.98 Å². The van der Waals surface area contributed by atoms with Gasteiger partial charge in [0.1, 0.15) is 5.75 Å². The van der Waals surface area contributed by atoms with Crippen LogP contribution in [0, 0.1) is 10.1 Å². The molecule has 18 heavy (non-hydrogen) atoms. The van der Waals surface area contributed by atoms with E-state index in [2.05, 4.69) is 4.98 Å². The highest BCUT2D eigenvalue weighted by molar-refractivity contribution is 5.39. The lowest BCUT2D eigenvalue weighted by atomic mass is 10.3. The summed E-state index contributed by atoms with van der Waals surface area (Å²) in [6, 6.07) is 9.39. The molecule has 2 rings (SSSR count). The highest BCUT2D eigenvalue weighted by Crippen LogP contribution is 2.23. The molecule has 1 aromatic carbocycles. The van der Waals surface area contributed by atoms with E-state index in [4.69, 9.17) is 10.5 Å². The number of hydrogen-bond acceptors (Lipinski definition) is 5. The Bertz CT molecular complexity index is 555. The second kappa shape index (κ2) is 5.24. The molecule has 0 aliphatic carbocycles. The van der Waals surface area contributed by atoms with Gasteiger partial charge >= 0.3 is 0 Å². The molecule has 0 atom stereocenters. The maximum absolute atomic E-state index is 10.6. The first-order chi connectivity index (χ1) is 8.69. The lowest BCUT2D eigenvalue weighted by molar-refractivity contribution is -0.384. The summed E-state index contributed by atoms with van der Waals surface area (Å²) in [5.74, 6) is 0.741. The largest absolute Gasteiger partial charge is 0.439 e. The number of nitro benzene ring substituents is 1. The van der Waals surface area contributed by atoms with Gasteiger partial charge in [0.25, 0.3) is 5.69 Å². The van der Waals surface area contributed by atoms with Gasteiger partial charge in [-0.2, -0.15) is 0 Å². The fourth-order valence-electron chi connectivity index (χ4n) is 1.37. The zero-order valence-corrected chi connectivity index (χ0v) is 9.45. The summed E-state index contributed by atoms with van der Waals surface area (Å²) < 4.78 is 5.41. The monoisotopic (exact) mass is 245 g/mol. The van der Waals surface area contributed by atoms with Gasteiger partial charge in [-0.1, -0.05) is 12.1 Å². The van der Waals surface area contributed by atoms with Crippen molar-refractivity contribution in [1.82, 2.24) is 4.98 Å². The van der Waals surface area contributed by atoms with Crippen LogP contribution in [-0.4, -0.2) is 9.91 Å². The third-order valence-corrected chi connectivity index (χ3v) is 2.28. The average molecular weight is 245 g/mol. The number of aromatic nitrogens is 1. The molecule has 0 aliphatic rings. The van der Waals surface area contributed by atoms with Crippen LogP contribution in [0.1, 0.15) is 5.56 Å². The van der Waals surface area contributed by atoms with Crippen LogP contribution >= 0.6 is 0 Å². The second-order valence-electron chi connectivity index (χ2n) is 3.57. The number of nitrogens with two attached hydrogens (primary N) is 1. The topological polar surface area (TPSA) is 91.3 Å². The first-order valence-corrected chi connectivity index (χ1v) is 5.26. The van der Waals surface area contributed by atoms with Gasteiger partial charge in [0, 0.05) is 24.9 Å². The number of nitrogens with zero attached hydrogens (tertiary/aromatic N) is 2. The molecule has 0 spiro atoms. The molecule has 0 radical (unpaired) electrons. The fraction of sp³-hybridized carbons (Fsp3) is 0.0833. The van der Waals surface area contributed by atoms with Crippen molar-refractivity contribution in [3.63, 3.8) is 0 Å². The van der Waals surface area contributed by atoms with E-state index in [1.807, 2.05) is 0 Å². The summed E-state index contributed by atoms with van der Waals surface area (Å²) in [7, 11) is 0. The Balaban J connectivity index is 2.17. The molecule has 0 aliphatic heterocycles. The van der Waals surface area contributed by atoms with Gasteiger partial charge in [-0.3, -0.25) is 10.1 Å². The maximum Gasteiger partial charge on any atom is 0.273 e. The van der Waals surface area contributed by atoms with Crippen LogP contribution in [0.5, 0.6) is 11.6 Å². The molecule has 0 saturated carbocycles. The van der Waals surface area contributed by atoms with Crippen LogP contribution in [0.3, 0.4) is 0 Å². The average Bonchev–Trinajstić information content (AvgIpc) is 2.40. The lowest BCUT2D eigenvalue weighted by Crippen LogP contribution is -1.97. The summed E-state index contributed by atoms with van der Waals surface area (Å²) >= 11 is 0.